The number of aromatic nitrogens is 2. The molecule has 3 amide bonds. The number of anilines is 3. The van der Waals surface area contributed by atoms with Gasteiger partial charge in [-0.25, -0.2) is 9.78 Å². The van der Waals surface area contributed by atoms with Crippen LogP contribution in [0.5, 0.6) is 0 Å². The number of allylic oxidation sites excluding steroid dienone is 1. The third-order valence-electron chi connectivity index (χ3n) is 7.06. The maximum absolute atomic E-state index is 13.4. The van der Waals surface area contributed by atoms with Crippen LogP contribution in [0.2, 0.25) is 0 Å². The van der Waals surface area contributed by atoms with Gasteiger partial charge in [0.05, 0.1) is 28.6 Å². The van der Waals surface area contributed by atoms with E-state index in [1.807, 2.05) is 19.1 Å². The molecular weight excluding hydrogens is 484 g/mol. The van der Waals surface area contributed by atoms with Crippen LogP contribution in [0.1, 0.15) is 61.0 Å². The van der Waals surface area contributed by atoms with E-state index in [1.165, 1.54) is 11.3 Å². The Morgan fingerprint density at radius 2 is 2.14 bits per heavy atom. The highest BCUT2D eigenvalue weighted by atomic mass is 32.1. The van der Waals surface area contributed by atoms with E-state index in [1.54, 1.807) is 17.3 Å². The van der Waals surface area contributed by atoms with Crippen molar-refractivity contribution < 1.29 is 9.59 Å². The lowest BCUT2D eigenvalue weighted by atomic mass is 10.0. The summed E-state index contributed by atoms with van der Waals surface area (Å²) in [4.78, 5) is 41.1. The summed E-state index contributed by atoms with van der Waals surface area (Å²) < 4.78 is 0. The normalized spacial score (nSPS) is 17.3. The molecule has 0 radical (unpaired) electrons. The van der Waals surface area contributed by atoms with Crippen molar-refractivity contribution in [2.45, 2.75) is 59.4 Å². The zero-order chi connectivity index (χ0) is 26.3. The number of carbonyl (C=O) groups excluding carboxylic acids is 2. The van der Waals surface area contributed by atoms with Crippen LogP contribution in [0.15, 0.2) is 36.8 Å². The highest BCUT2D eigenvalue weighted by Gasteiger charge is 2.34. The summed E-state index contributed by atoms with van der Waals surface area (Å²) in [5.74, 6) is 0.318. The fraction of sp³-hybridized carbons (Fsp3) is 0.429. The van der Waals surface area contributed by atoms with Gasteiger partial charge < -0.3 is 15.5 Å². The van der Waals surface area contributed by atoms with Gasteiger partial charge in [-0.15, -0.1) is 11.3 Å². The van der Waals surface area contributed by atoms with Crippen LogP contribution in [0.4, 0.5) is 21.9 Å². The maximum atomic E-state index is 13.4. The minimum Gasteiger partial charge on any atom is -0.373 e. The SMILES string of the molecule is C=C(CC)N1CCC[C@@H](NC(=O)c2sc3nccc4c3c2NC(=O)N4c2cnc(CC(C)C)cc2C)C1. The Bertz CT molecular complexity index is 1380. The summed E-state index contributed by atoms with van der Waals surface area (Å²) in [5, 5.41) is 6.98. The molecule has 2 aliphatic heterocycles. The third-order valence-corrected chi connectivity index (χ3v) is 8.16. The maximum Gasteiger partial charge on any atom is 0.331 e. The Morgan fingerprint density at radius 1 is 1.32 bits per heavy atom. The van der Waals surface area contributed by atoms with Crippen LogP contribution in [-0.2, 0) is 6.42 Å². The van der Waals surface area contributed by atoms with Gasteiger partial charge in [0.15, 0.2) is 0 Å². The molecule has 2 N–H and O–H groups in total. The van der Waals surface area contributed by atoms with Crippen molar-refractivity contribution in [3.05, 3.63) is 52.9 Å². The van der Waals surface area contributed by atoms with Crippen LogP contribution in [-0.4, -0.2) is 45.9 Å². The largest absolute Gasteiger partial charge is 0.373 e. The summed E-state index contributed by atoms with van der Waals surface area (Å²) in [7, 11) is 0. The van der Waals surface area contributed by atoms with E-state index in [9.17, 15) is 9.59 Å². The fourth-order valence-corrected chi connectivity index (χ4v) is 6.23. The number of rotatable bonds is 7. The Balaban J connectivity index is 1.46. The Kier molecular flexibility index (Phi) is 6.90. The zero-order valence-corrected chi connectivity index (χ0v) is 22.7. The van der Waals surface area contributed by atoms with E-state index in [2.05, 4.69) is 52.9 Å². The molecule has 1 atom stereocenters. The molecule has 0 bridgehead atoms. The molecule has 3 aromatic rings. The number of nitrogens with zero attached hydrogens (tertiary/aromatic N) is 4. The van der Waals surface area contributed by atoms with Crippen molar-refractivity contribution in [2.75, 3.05) is 23.3 Å². The van der Waals surface area contributed by atoms with Crippen LogP contribution < -0.4 is 15.5 Å². The molecule has 1 saturated heterocycles. The molecule has 0 aliphatic carbocycles. The number of likely N-dealkylation sites (tertiary alicyclic amines) is 1. The van der Waals surface area contributed by atoms with E-state index < -0.39 is 0 Å². The molecular formula is C28H34N6O2S. The van der Waals surface area contributed by atoms with Gasteiger partial charge in [-0.2, -0.15) is 0 Å². The van der Waals surface area contributed by atoms with Crippen molar-refractivity contribution in [3.8, 4) is 0 Å². The lowest BCUT2D eigenvalue weighted by molar-refractivity contribution is 0.0918. The summed E-state index contributed by atoms with van der Waals surface area (Å²) >= 11 is 1.31. The van der Waals surface area contributed by atoms with E-state index in [0.29, 0.717) is 27.0 Å². The molecule has 2 aliphatic rings. The van der Waals surface area contributed by atoms with Gasteiger partial charge in [0.25, 0.3) is 5.91 Å². The van der Waals surface area contributed by atoms with Gasteiger partial charge >= 0.3 is 6.03 Å². The summed E-state index contributed by atoms with van der Waals surface area (Å²) in [6.45, 7) is 14.3. The minimum atomic E-state index is -0.308. The molecule has 0 unspecified atom stereocenters. The first-order valence-corrected chi connectivity index (χ1v) is 13.8. The van der Waals surface area contributed by atoms with Gasteiger partial charge in [-0.3, -0.25) is 14.7 Å². The van der Waals surface area contributed by atoms with Gasteiger partial charge in [-0.05, 0) is 56.2 Å². The predicted octanol–water partition coefficient (Wildman–Crippen LogP) is 6.00. The molecule has 0 spiro atoms. The summed E-state index contributed by atoms with van der Waals surface area (Å²) in [6.07, 6.45) is 7.16. The average Bonchev–Trinajstić information content (AvgIpc) is 3.24. The minimum absolute atomic E-state index is 0.0308. The lowest BCUT2D eigenvalue weighted by Crippen LogP contribution is -2.47. The first-order valence-electron chi connectivity index (χ1n) is 13.0. The molecule has 0 saturated carbocycles. The number of thiophene rings is 1. The van der Waals surface area contributed by atoms with Crippen LogP contribution in [0, 0.1) is 12.8 Å². The zero-order valence-electron chi connectivity index (χ0n) is 21.9. The quantitative estimate of drug-likeness (QED) is 0.400. The van der Waals surface area contributed by atoms with Crippen LogP contribution >= 0.6 is 11.3 Å². The molecule has 5 heterocycles. The molecule has 37 heavy (non-hydrogen) atoms. The Labute approximate surface area is 221 Å². The van der Waals surface area contributed by atoms with Crippen LogP contribution in [0.3, 0.4) is 0 Å². The Hall–Kier alpha value is -3.46. The lowest BCUT2D eigenvalue weighted by Gasteiger charge is -2.35. The van der Waals surface area contributed by atoms with Gasteiger partial charge in [0, 0.05) is 36.7 Å². The second kappa shape index (κ2) is 10.1. The number of aryl methyl sites for hydroxylation is 1. The molecule has 8 nitrogen and oxygen atoms in total. The average molecular weight is 519 g/mol. The fourth-order valence-electron chi connectivity index (χ4n) is 5.21. The molecule has 5 rings (SSSR count). The highest BCUT2D eigenvalue weighted by molar-refractivity contribution is 7.21. The van der Waals surface area contributed by atoms with Crippen LogP contribution in [0.25, 0.3) is 10.2 Å². The second-order valence-electron chi connectivity index (χ2n) is 10.3. The standard InChI is InChI=1S/C28H34N6O2S/c1-6-18(5)33-11-7-8-19(15-33)31-26(35)25-24-23-21(9-10-29-27(23)37-25)34(28(36)32-24)22-14-30-20(12-16(2)3)13-17(22)4/h9-10,13-14,16,19H,5-8,11-12,15H2,1-4H3,(H,31,35)(H,32,36)/t19-/m1/s1. The van der Waals surface area contributed by atoms with Crippen molar-refractivity contribution in [1.82, 2.24) is 20.2 Å². The number of hydrogen-bond acceptors (Lipinski definition) is 6. The molecule has 1 fully saturated rings. The van der Waals surface area contributed by atoms with Crippen molar-refractivity contribution in [3.63, 3.8) is 0 Å². The van der Waals surface area contributed by atoms with Gasteiger partial charge in [-0.1, -0.05) is 27.4 Å². The predicted molar refractivity (Wildman–Crippen MR) is 150 cm³/mol. The first-order chi connectivity index (χ1) is 17.8. The molecule has 0 aromatic carbocycles. The molecule has 9 heteroatoms. The summed E-state index contributed by atoms with van der Waals surface area (Å²) in [5.41, 5.74) is 5.04. The summed E-state index contributed by atoms with van der Waals surface area (Å²) in [6, 6.07) is 3.60. The van der Waals surface area contributed by atoms with E-state index in [-0.39, 0.29) is 18.0 Å². The third kappa shape index (κ3) is 4.80. The monoisotopic (exact) mass is 518 g/mol. The van der Waals surface area contributed by atoms with E-state index in [4.69, 9.17) is 0 Å². The first kappa shape index (κ1) is 25.2. The number of carbonyl (C=O) groups is 2. The number of hydrogen-bond donors (Lipinski definition) is 2. The van der Waals surface area contributed by atoms with Gasteiger partial charge in [0.2, 0.25) is 0 Å². The number of nitrogens with one attached hydrogen (secondary N) is 2. The number of pyridine rings is 2. The molecule has 3 aromatic heterocycles. The van der Waals surface area contributed by atoms with E-state index >= 15 is 0 Å². The number of piperidine rings is 1. The van der Waals surface area contributed by atoms with Crippen molar-refractivity contribution >= 4 is 50.6 Å². The van der Waals surface area contributed by atoms with Crippen molar-refractivity contribution in [2.24, 2.45) is 5.92 Å². The number of amides is 3. The van der Waals surface area contributed by atoms with Crippen molar-refractivity contribution in [1.29, 1.82) is 0 Å². The number of urea groups is 1. The Morgan fingerprint density at radius 3 is 2.86 bits per heavy atom. The van der Waals surface area contributed by atoms with Gasteiger partial charge in [0.1, 0.15) is 9.71 Å². The van der Waals surface area contributed by atoms with E-state index in [0.717, 1.165) is 66.8 Å². The molecule has 194 valence electrons. The highest BCUT2D eigenvalue weighted by Crippen LogP contribution is 2.46. The second-order valence-corrected chi connectivity index (χ2v) is 11.3. The topological polar surface area (TPSA) is 90.5 Å². The smallest absolute Gasteiger partial charge is 0.331 e.